The van der Waals surface area contributed by atoms with E-state index in [1.165, 1.54) is 44.9 Å². The highest BCUT2D eigenvalue weighted by Crippen LogP contribution is 2.15. The Labute approximate surface area is 151 Å². The number of hydrogen-bond donors (Lipinski definition) is 0. The van der Waals surface area contributed by atoms with Gasteiger partial charge in [0.1, 0.15) is 0 Å². The predicted octanol–water partition coefficient (Wildman–Crippen LogP) is 7.13. The number of alkyl halides is 3. The number of hydrogen-bond acceptors (Lipinski definition) is 2. The van der Waals surface area contributed by atoms with Gasteiger partial charge in [-0.2, -0.15) is 13.2 Å². The lowest BCUT2D eigenvalue weighted by molar-refractivity contribution is -0.186. The number of esters is 1. The molecule has 0 bridgehead atoms. The highest BCUT2D eigenvalue weighted by molar-refractivity contribution is 5.69. The Morgan fingerprint density at radius 1 is 0.800 bits per heavy atom. The molecule has 0 aromatic heterocycles. The fourth-order valence-electron chi connectivity index (χ4n) is 2.57. The zero-order valence-electron chi connectivity index (χ0n) is 15.7. The summed E-state index contributed by atoms with van der Waals surface area (Å²) < 4.78 is 39.7. The SMILES string of the molecule is CCCCCCCC/C=C/CCCCCCCC(=O)OCC(F)(F)F. The third-order valence-corrected chi connectivity index (χ3v) is 4.04. The molecule has 0 heterocycles. The van der Waals surface area contributed by atoms with Gasteiger partial charge in [-0.15, -0.1) is 0 Å². The van der Waals surface area contributed by atoms with Crippen molar-refractivity contribution in [3.8, 4) is 0 Å². The predicted molar refractivity (Wildman–Crippen MR) is 96.5 cm³/mol. The molecule has 0 rings (SSSR count). The second-order valence-corrected chi connectivity index (χ2v) is 6.61. The molecule has 0 amide bonds. The van der Waals surface area contributed by atoms with Crippen LogP contribution in [-0.4, -0.2) is 18.8 Å². The fourth-order valence-corrected chi connectivity index (χ4v) is 2.57. The summed E-state index contributed by atoms with van der Waals surface area (Å²) in [5.41, 5.74) is 0. The first kappa shape index (κ1) is 24.0. The van der Waals surface area contributed by atoms with Gasteiger partial charge in [0.15, 0.2) is 6.61 Å². The molecule has 0 spiro atoms. The summed E-state index contributed by atoms with van der Waals surface area (Å²) in [6.07, 6.45) is 15.1. The van der Waals surface area contributed by atoms with Crippen molar-refractivity contribution in [2.24, 2.45) is 0 Å². The van der Waals surface area contributed by atoms with E-state index < -0.39 is 18.8 Å². The lowest BCUT2D eigenvalue weighted by Gasteiger charge is -2.07. The third-order valence-electron chi connectivity index (χ3n) is 4.04. The topological polar surface area (TPSA) is 26.3 Å². The molecule has 148 valence electrons. The molecule has 0 N–H and O–H groups in total. The quantitative estimate of drug-likeness (QED) is 0.165. The Balaban J connectivity index is 3.25. The van der Waals surface area contributed by atoms with E-state index in [4.69, 9.17) is 0 Å². The van der Waals surface area contributed by atoms with Gasteiger partial charge in [-0.3, -0.25) is 4.79 Å². The number of rotatable bonds is 16. The Morgan fingerprint density at radius 3 is 1.80 bits per heavy atom. The molecule has 0 atom stereocenters. The van der Waals surface area contributed by atoms with Crippen LogP contribution in [0.1, 0.15) is 96.8 Å². The van der Waals surface area contributed by atoms with E-state index in [2.05, 4.69) is 23.8 Å². The lowest BCUT2D eigenvalue weighted by atomic mass is 10.1. The first-order valence-electron chi connectivity index (χ1n) is 9.83. The van der Waals surface area contributed by atoms with Crippen LogP contribution in [0.25, 0.3) is 0 Å². The van der Waals surface area contributed by atoms with Crippen LogP contribution in [0.15, 0.2) is 12.2 Å². The Bertz CT molecular complexity index is 338. The number of halogens is 3. The molecular weight excluding hydrogens is 329 g/mol. The average Bonchev–Trinajstić information content (AvgIpc) is 2.56. The van der Waals surface area contributed by atoms with E-state index in [9.17, 15) is 18.0 Å². The molecule has 0 unspecified atom stereocenters. The van der Waals surface area contributed by atoms with Gasteiger partial charge in [-0.05, 0) is 32.1 Å². The molecule has 25 heavy (non-hydrogen) atoms. The minimum Gasteiger partial charge on any atom is -0.456 e. The van der Waals surface area contributed by atoms with Crippen molar-refractivity contribution in [1.29, 1.82) is 0 Å². The zero-order chi connectivity index (χ0) is 18.8. The lowest BCUT2D eigenvalue weighted by Crippen LogP contribution is -2.20. The summed E-state index contributed by atoms with van der Waals surface area (Å²) in [5.74, 6) is -0.755. The first-order valence-corrected chi connectivity index (χ1v) is 9.83. The van der Waals surface area contributed by atoms with E-state index in [1.54, 1.807) is 0 Å². The van der Waals surface area contributed by atoms with Crippen LogP contribution >= 0.6 is 0 Å². The molecule has 2 nitrogen and oxygen atoms in total. The molecule has 0 saturated carbocycles. The van der Waals surface area contributed by atoms with Gasteiger partial charge < -0.3 is 4.74 Å². The van der Waals surface area contributed by atoms with Gasteiger partial charge in [0.2, 0.25) is 0 Å². The molecule has 5 heteroatoms. The number of carbonyl (C=O) groups excluding carboxylic acids is 1. The van der Waals surface area contributed by atoms with Crippen LogP contribution in [0.2, 0.25) is 0 Å². The minimum absolute atomic E-state index is 0.0776. The maximum Gasteiger partial charge on any atom is 0.422 e. The van der Waals surface area contributed by atoms with Crippen molar-refractivity contribution in [2.75, 3.05) is 6.61 Å². The van der Waals surface area contributed by atoms with Crippen LogP contribution < -0.4 is 0 Å². The smallest absolute Gasteiger partial charge is 0.422 e. The highest BCUT2D eigenvalue weighted by Gasteiger charge is 2.29. The van der Waals surface area contributed by atoms with Gasteiger partial charge in [0.25, 0.3) is 0 Å². The largest absolute Gasteiger partial charge is 0.456 e. The molecule has 0 aliphatic heterocycles. The summed E-state index contributed by atoms with van der Waals surface area (Å²) in [4.78, 5) is 11.1. The van der Waals surface area contributed by atoms with Gasteiger partial charge >= 0.3 is 12.1 Å². The summed E-state index contributed by atoms with van der Waals surface area (Å²) in [7, 11) is 0. The number of allylic oxidation sites excluding steroid dienone is 2. The summed E-state index contributed by atoms with van der Waals surface area (Å²) in [6.45, 7) is 0.756. The first-order chi connectivity index (χ1) is 12.0. The van der Waals surface area contributed by atoms with Crippen LogP contribution in [-0.2, 0) is 9.53 Å². The van der Waals surface area contributed by atoms with Crippen molar-refractivity contribution in [1.82, 2.24) is 0 Å². The zero-order valence-corrected chi connectivity index (χ0v) is 15.7. The highest BCUT2D eigenvalue weighted by atomic mass is 19.4. The second kappa shape index (κ2) is 16.5. The molecule has 0 aliphatic carbocycles. The van der Waals surface area contributed by atoms with Gasteiger partial charge in [0, 0.05) is 6.42 Å². The van der Waals surface area contributed by atoms with Crippen LogP contribution in [0.5, 0.6) is 0 Å². The van der Waals surface area contributed by atoms with E-state index in [0.29, 0.717) is 6.42 Å². The minimum atomic E-state index is -4.43. The molecule has 0 fully saturated rings. The normalized spacial score (nSPS) is 12.0. The number of unbranched alkanes of at least 4 members (excludes halogenated alkanes) is 11. The van der Waals surface area contributed by atoms with Gasteiger partial charge in [-0.1, -0.05) is 70.4 Å². The monoisotopic (exact) mass is 364 g/mol. The van der Waals surface area contributed by atoms with E-state index >= 15 is 0 Å². The van der Waals surface area contributed by atoms with Crippen LogP contribution in [0, 0.1) is 0 Å². The summed E-state index contributed by atoms with van der Waals surface area (Å²) >= 11 is 0. The van der Waals surface area contributed by atoms with Crippen LogP contribution in [0.4, 0.5) is 13.2 Å². The molecule has 0 saturated heterocycles. The maximum atomic E-state index is 11.9. The van der Waals surface area contributed by atoms with E-state index in [0.717, 1.165) is 32.1 Å². The second-order valence-electron chi connectivity index (χ2n) is 6.61. The van der Waals surface area contributed by atoms with Crippen molar-refractivity contribution >= 4 is 5.97 Å². The molecule has 0 aromatic rings. The van der Waals surface area contributed by atoms with Crippen molar-refractivity contribution in [2.45, 2.75) is 103 Å². The van der Waals surface area contributed by atoms with Crippen LogP contribution in [0.3, 0.4) is 0 Å². The van der Waals surface area contributed by atoms with Crippen molar-refractivity contribution in [3.63, 3.8) is 0 Å². The Kier molecular flexibility index (Phi) is 15.8. The number of carbonyl (C=O) groups is 1. The van der Waals surface area contributed by atoms with Crippen molar-refractivity contribution < 1.29 is 22.7 Å². The van der Waals surface area contributed by atoms with E-state index in [1.807, 2.05) is 0 Å². The Morgan fingerprint density at radius 2 is 1.28 bits per heavy atom. The summed E-state index contributed by atoms with van der Waals surface area (Å²) in [5, 5.41) is 0. The standard InChI is InChI=1S/C20H35F3O2/c1-2-3-4-5-6-7-8-9-10-11-12-13-14-15-16-17-19(24)25-18-20(21,22)23/h9-10H,2-8,11-18H2,1H3/b10-9+. The maximum absolute atomic E-state index is 11.9. The van der Waals surface area contributed by atoms with Crippen molar-refractivity contribution in [3.05, 3.63) is 12.2 Å². The number of ether oxygens (including phenoxy) is 1. The van der Waals surface area contributed by atoms with Gasteiger partial charge in [-0.25, -0.2) is 0 Å². The summed E-state index contributed by atoms with van der Waals surface area (Å²) in [6, 6.07) is 0. The average molecular weight is 364 g/mol. The molecule has 0 radical (unpaired) electrons. The molecule has 0 aliphatic rings. The van der Waals surface area contributed by atoms with E-state index in [-0.39, 0.29) is 6.42 Å². The molecular formula is C20H35F3O2. The Hall–Kier alpha value is -1.00. The van der Waals surface area contributed by atoms with Gasteiger partial charge in [0.05, 0.1) is 0 Å². The molecule has 0 aromatic carbocycles. The fraction of sp³-hybridized carbons (Fsp3) is 0.850. The third kappa shape index (κ3) is 21.0.